The SMILES string of the molecule is CCC(C)(C)CN1C(=O)C(C2=NP(=O)(COCc3ccccc3)c3cc(NS(C)(=O)=O)ccc3N2)C(=O)[C@@H]1C(C)(C)C. The zero-order valence-corrected chi connectivity index (χ0v) is 27.0. The van der Waals surface area contributed by atoms with Crippen molar-refractivity contribution in [3.8, 4) is 0 Å². The molecule has 1 saturated heterocycles. The molecule has 0 aromatic heterocycles. The third-order valence-electron chi connectivity index (χ3n) is 7.63. The smallest absolute Gasteiger partial charge is 0.247 e. The number of sulfonamides is 1. The average Bonchev–Trinajstić information content (AvgIpc) is 3.12. The number of hydrogen-bond acceptors (Lipinski definition) is 7. The highest BCUT2D eigenvalue weighted by molar-refractivity contribution is 7.92. The minimum atomic E-state index is -3.78. The number of carbonyl (C=O) groups excluding carboxylic acids is 2. The Morgan fingerprint density at radius 1 is 1.07 bits per heavy atom. The molecule has 2 aromatic carbocycles. The molecule has 0 bridgehead atoms. The van der Waals surface area contributed by atoms with Gasteiger partial charge in [0, 0.05) is 12.2 Å². The Balaban J connectivity index is 1.75. The number of rotatable bonds is 10. The van der Waals surface area contributed by atoms with Crippen LogP contribution in [0.1, 0.15) is 53.5 Å². The molecule has 2 aliphatic rings. The molecule has 0 aliphatic carbocycles. The molecule has 2 unspecified atom stereocenters. The first-order valence-corrected chi connectivity index (χ1v) is 17.7. The summed E-state index contributed by atoms with van der Waals surface area (Å²) in [6.45, 7) is 12.5. The molecule has 1 fully saturated rings. The number of ether oxygens (including phenoxy) is 1. The predicted octanol–water partition coefficient (Wildman–Crippen LogP) is 4.84. The summed E-state index contributed by atoms with van der Waals surface area (Å²) in [4.78, 5) is 29.6. The first kappa shape index (κ1) is 31.9. The molecule has 42 heavy (non-hydrogen) atoms. The van der Waals surface area contributed by atoms with E-state index in [1.807, 2.05) is 58.0 Å². The zero-order chi connectivity index (χ0) is 31.1. The fourth-order valence-electron chi connectivity index (χ4n) is 5.30. The van der Waals surface area contributed by atoms with Crippen molar-refractivity contribution in [1.82, 2.24) is 4.90 Å². The molecule has 0 saturated carbocycles. The molecule has 1 amide bonds. The summed E-state index contributed by atoms with van der Waals surface area (Å²) in [5, 5.41) is 3.35. The van der Waals surface area contributed by atoms with Gasteiger partial charge in [0.05, 0.1) is 29.9 Å². The van der Waals surface area contributed by atoms with Crippen LogP contribution < -0.4 is 15.3 Å². The first-order chi connectivity index (χ1) is 19.4. The Hall–Kier alpha value is -3.01. The Morgan fingerprint density at radius 3 is 2.33 bits per heavy atom. The number of hydrogen-bond donors (Lipinski definition) is 2. The molecule has 12 heteroatoms. The van der Waals surface area contributed by atoms with Crippen LogP contribution in [0.5, 0.6) is 0 Å². The monoisotopic (exact) mass is 616 g/mol. The molecular formula is C30H41N4O6PS. The summed E-state index contributed by atoms with van der Waals surface area (Å²) >= 11 is 0. The molecule has 0 radical (unpaired) electrons. The average molecular weight is 617 g/mol. The highest BCUT2D eigenvalue weighted by atomic mass is 32.2. The van der Waals surface area contributed by atoms with Crippen molar-refractivity contribution in [3.63, 3.8) is 0 Å². The fourth-order valence-corrected chi connectivity index (χ4v) is 7.86. The molecule has 2 aromatic rings. The number of fused-ring (bicyclic) bond motifs is 1. The van der Waals surface area contributed by atoms with Crippen LogP contribution in [0.2, 0.25) is 0 Å². The van der Waals surface area contributed by atoms with Crippen LogP contribution in [0, 0.1) is 16.7 Å². The van der Waals surface area contributed by atoms with Crippen LogP contribution in [0.3, 0.4) is 0 Å². The molecule has 2 aliphatic heterocycles. The lowest BCUT2D eigenvalue weighted by Gasteiger charge is -2.38. The van der Waals surface area contributed by atoms with Gasteiger partial charge >= 0.3 is 0 Å². The maximum atomic E-state index is 14.6. The van der Waals surface area contributed by atoms with Crippen LogP contribution >= 0.6 is 7.29 Å². The lowest BCUT2D eigenvalue weighted by molar-refractivity contribution is -0.133. The van der Waals surface area contributed by atoms with Gasteiger partial charge in [0.15, 0.2) is 11.7 Å². The number of carbonyl (C=O) groups is 2. The van der Waals surface area contributed by atoms with E-state index in [1.165, 1.54) is 12.1 Å². The third kappa shape index (κ3) is 6.96. The van der Waals surface area contributed by atoms with Gasteiger partial charge in [-0.1, -0.05) is 71.9 Å². The standard InChI is InChI=1S/C30H41N4O6PS/c1-8-30(5,6)18-34-26(29(2,3)4)25(35)24(28(34)36)27-31-22-15-14-21(33-42(7,38)39)16-23(22)41(37,32-27)19-40-17-20-12-10-9-11-13-20/h9-16,24,26,33H,8,17-19H2,1-7H3,(H,31,32,37)/t24?,26-,41?/m1/s1. The Morgan fingerprint density at radius 2 is 1.74 bits per heavy atom. The van der Waals surface area contributed by atoms with Crippen LogP contribution in [-0.4, -0.2) is 56.0 Å². The Kier molecular flexibility index (Phi) is 8.80. The quantitative estimate of drug-likeness (QED) is 0.288. The number of amides is 1. The summed E-state index contributed by atoms with van der Waals surface area (Å²) < 4.78 is 51.3. The number of amidine groups is 1. The highest BCUT2D eigenvalue weighted by Gasteiger charge is 2.55. The van der Waals surface area contributed by atoms with E-state index in [-0.39, 0.29) is 46.9 Å². The molecule has 4 rings (SSSR count). The Bertz CT molecular complexity index is 1550. The molecular weight excluding hydrogens is 575 g/mol. The Labute approximate surface area is 248 Å². The molecule has 2 N–H and O–H groups in total. The van der Waals surface area contributed by atoms with Gasteiger partial charge in [-0.05, 0) is 41.0 Å². The molecule has 0 spiro atoms. The van der Waals surface area contributed by atoms with Gasteiger partial charge in [-0.15, -0.1) is 0 Å². The van der Waals surface area contributed by atoms with E-state index in [1.54, 1.807) is 11.0 Å². The van der Waals surface area contributed by atoms with E-state index in [2.05, 4.69) is 28.6 Å². The van der Waals surface area contributed by atoms with E-state index >= 15 is 0 Å². The molecule has 10 nitrogen and oxygen atoms in total. The third-order valence-corrected chi connectivity index (χ3v) is 10.4. The molecule has 2 heterocycles. The van der Waals surface area contributed by atoms with Gasteiger partial charge in [-0.2, -0.15) is 0 Å². The normalized spacial score (nSPS) is 22.9. The van der Waals surface area contributed by atoms with Crippen molar-refractivity contribution in [2.75, 3.05) is 29.2 Å². The number of nitrogens with one attached hydrogen (secondary N) is 2. The zero-order valence-electron chi connectivity index (χ0n) is 25.3. The van der Waals surface area contributed by atoms with Crippen LogP contribution in [0.25, 0.3) is 0 Å². The van der Waals surface area contributed by atoms with E-state index < -0.39 is 34.7 Å². The van der Waals surface area contributed by atoms with Gasteiger partial charge in [-0.3, -0.25) is 18.9 Å². The highest BCUT2D eigenvalue weighted by Crippen LogP contribution is 2.52. The number of anilines is 2. The number of nitrogens with zero attached hydrogens (tertiary/aromatic N) is 2. The van der Waals surface area contributed by atoms with Crippen molar-refractivity contribution < 1.29 is 27.3 Å². The molecule has 228 valence electrons. The van der Waals surface area contributed by atoms with Gasteiger partial charge in [-0.25, -0.2) is 13.2 Å². The van der Waals surface area contributed by atoms with Gasteiger partial charge in [0.25, 0.3) is 0 Å². The number of ketones is 1. The number of benzene rings is 2. The van der Waals surface area contributed by atoms with Crippen LogP contribution in [0.4, 0.5) is 11.4 Å². The van der Waals surface area contributed by atoms with Crippen LogP contribution in [-0.2, 0) is 35.5 Å². The van der Waals surface area contributed by atoms with Crippen LogP contribution in [0.15, 0.2) is 53.3 Å². The fraction of sp³-hybridized carbons (Fsp3) is 0.500. The van der Waals surface area contributed by atoms with Gasteiger partial charge < -0.3 is 15.0 Å². The van der Waals surface area contributed by atoms with E-state index in [4.69, 9.17) is 4.74 Å². The van der Waals surface area contributed by atoms with Gasteiger partial charge in [0.1, 0.15) is 12.2 Å². The summed E-state index contributed by atoms with van der Waals surface area (Å²) in [6, 6.07) is 13.3. The summed E-state index contributed by atoms with van der Waals surface area (Å²) in [5.41, 5.74) is 0.721. The maximum absolute atomic E-state index is 14.6. The van der Waals surface area contributed by atoms with Crippen molar-refractivity contribution in [1.29, 1.82) is 0 Å². The van der Waals surface area contributed by atoms with Crippen molar-refractivity contribution in [2.45, 2.75) is 60.6 Å². The number of Topliss-reactive ketones (excluding diaryl/α,β-unsaturated/α-hetero) is 1. The minimum absolute atomic E-state index is 0.0269. The topological polar surface area (TPSA) is 134 Å². The van der Waals surface area contributed by atoms with E-state index in [0.717, 1.165) is 18.2 Å². The lowest BCUT2D eigenvalue weighted by Crippen LogP contribution is -2.48. The maximum Gasteiger partial charge on any atom is 0.247 e. The van der Waals surface area contributed by atoms with Crippen molar-refractivity contribution in [3.05, 3.63) is 54.1 Å². The predicted molar refractivity (Wildman–Crippen MR) is 167 cm³/mol. The lowest BCUT2D eigenvalue weighted by atomic mass is 9.81. The first-order valence-electron chi connectivity index (χ1n) is 14.0. The largest absolute Gasteiger partial charge is 0.367 e. The molecule has 3 atom stereocenters. The summed E-state index contributed by atoms with van der Waals surface area (Å²) in [6.07, 6.45) is 1.54. The van der Waals surface area contributed by atoms with Gasteiger partial charge in [0.2, 0.25) is 23.2 Å². The number of likely N-dealkylation sites (tertiary alicyclic amines) is 1. The summed E-state index contributed by atoms with van der Waals surface area (Å²) in [7, 11) is -7.37. The second kappa shape index (κ2) is 11.6. The summed E-state index contributed by atoms with van der Waals surface area (Å²) in [5.74, 6) is -1.88. The second-order valence-electron chi connectivity index (χ2n) is 13.0. The van der Waals surface area contributed by atoms with E-state index in [9.17, 15) is 22.6 Å². The van der Waals surface area contributed by atoms with Crippen molar-refractivity contribution in [2.24, 2.45) is 21.5 Å². The van der Waals surface area contributed by atoms with E-state index in [0.29, 0.717) is 12.2 Å². The second-order valence-corrected chi connectivity index (χ2v) is 17.1. The minimum Gasteiger partial charge on any atom is -0.367 e. The van der Waals surface area contributed by atoms with Crippen molar-refractivity contribution >= 4 is 51.5 Å².